The molecule has 0 aromatic heterocycles. The molecule has 2 amide bonds. The number of rotatable bonds is 4. The van der Waals surface area contributed by atoms with Crippen molar-refractivity contribution in [3.05, 3.63) is 35.4 Å². The summed E-state index contributed by atoms with van der Waals surface area (Å²) in [5, 5.41) is 0. The lowest BCUT2D eigenvalue weighted by atomic mass is 9.86. The number of hydrogen-bond acceptors (Lipinski definition) is 4. The van der Waals surface area contributed by atoms with Crippen molar-refractivity contribution >= 4 is 36.6 Å². The Morgan fingerprint density at radius 2 is 1.50 bits per heavy atom. The molecule has 1 unspecified atom stereocenters. The molecule has 6 nitrogen and oxygen atoms in total. The van der Waals surface area contributed by atoms with Gasteiger partial charge in [0.1, 0.15) is 11.6 Å². The molecule has 10 heteroatoms. The highest BCUT2D eigenvalue weighted by atomic mass is 35.5. The van der Waals surface area contributed by atoms with Gasteiger partial charge in [0.05, 0.1) is 12.0 Å². The Morgan fingerprint density at radius 3 is 2.03 bits per heavy atom. The maximum Gasteiger partial charge on any atom is 0.239 e. The molecule has 0 saturated carbocycles. The summed E-state index contributed by atoms with van der Waals surface area (Å²) in [5.41, 5.74) is 6.38. The monoisotopic (exact) mass is 578 g/mol. The van der Waals surface area contributed by atoms with Gasteiger partial charge < -0.3 is 15.5 Å². The average Bonchev–Trinajstić information content (AvgIpc) is 3.18. The third kappa shape index (κ3) is 7.80. The Balaban J connectivity index is 0.00000361. The van der Waals surface area contributed by atoms with Gasteiger partial charge in [0.2, 0.25) is 11.8 Å². The van der Waals surface area contributed by atoms with Crippen molar-refractivity contribution in [1.29, 1.82) is 0 Å². The number of amides is 2. The van der Waals surface area contributed by atoms with Crippen molar-refractivity contribution in [2.24, 2.45) is 17.1 Å². The predicted molar refractivity (Wildman–Crippen MR) is 153 cm³/mol. The summed E-state index contributed by atoms with van der Waals surface area (Å²) in [4.78, 5) is 32.9. The molecule has 218 valence electrons. The van der Waals surface area contributed by atoms with Crippen LogP contribution in [0.2, 0.25) is 0 Å². The molecule has 3 rings (SSSR count). The highest BCUT2D eigenvalue weighted by Crippen LogP contribution is 2.39. The van der Waals surface area contributed by atoms with Gasteiger partial charge in [-0.25, -0.2) is 8.78 Å². The Labute approximate surface area is 239 Å². The first-order valence-electron chi connectivity index (χ1n) is 13.1. The zero-order valence-electron chi connectivity index (χ0n) is 24.0. The molecule has 38 heavy (non-hydrogen) atoms. The minimum Gasteiger partial charge on any atom is -0.336 e. The molecule has 1 aromatic rings. The molecule has 2 fully saturated rings. The fraction of sp³-hybridized carbons (Fsp3) is 0.714. The van der Waals surface area contributed by atoms with Gasteiger partial charge in [-0.3, -0.25) is 14.5 Å². The number of hydrogen-bond donors (Lipinski definition) is 1. The average molecular weight is 580 g/mol. The molecule has 5 atom stereocenters. The first-order valence-corrected chi connectivity index (χ1v) is 13.1. The lowest BCUT2D eigenvalue weighted by molar-refractivity contribution is -0.149. The van der Waals surface area contributed by atoms with Gasteiger partial charge in [-0.15, -0.1) is 24.8 Å². The number of halogens is 4. The van der Waals surface area contributed by atoms with Crippen LogP contribution in [0.25, 0.3) is 0 Å². The molecule has 0 spiro atoms. The van der Waals surface area contributed by atoms with Crippen molar-refractivity contribution in [3.8, 4) is 0 Å². The standard InChI is InChI=1S/C28H44F2N4O2.2ClH/c1-17-14-34(26(36)24(31)12-27(3,4)5)18(2)13-33(17)25(35)22-16-32(28(6,7)8)15-21(22)20-10-9-19(29)11-23(20)30;;/h9-11,17-18,21-22,24H,12-16,31H2,1-8H3;2*1H/t17-,18+,21-,22+,24?;;/m0../s1. The third-order valence-corrected chi connectivity index (χ3v) is 7.65. The van der Waals surface area contributed by atoms with Crippen LogP contribution in [0.1, 0.15) is 73.3 Å². The molecule has 2 aliphatic heterocycles. The zero-order chi connectivity index (χ0) is 27.2. The second kappa shape index (κ2) is 12.8. The molecule has 1 aromatic carbocycles. The summed E-state index contributed by atoms with van der Waals surface area (Å²) in [5.74, 6) is -2.19. The van der Waals surface area contributed by atoms with E-state index in [2.05, 4.69) is 46.4 Å². The Bertz CT molecular complexity index is 983. The van der Waals surface area contributed by atoms with Crippen molar-refractivity contribution in [2.75, 3.05) is 26.2 Å². The van der Waals surface area contributed by atoms with Crippen molar-refractivity contribution < 1.29 is 18.4 Å². The fourth-order valence-electron chi connectivity index (χ4n) is 5.63. The van der Waals surface area contributed by atoms with Crippen LogP contribution in [0.15, 0.2) is 18.2 Å². The van der Waals surface area contributed by atoms with E-state index in [1.54, 1.807) is 4.90 Å². The summed E-state index contributed by atoms with van der Waals surface area (Å²) in [6.45, 7) is 18.1. The molecular weight excluding hydrogens is 533 g/mol. The largest absolute Gasteiger partial charge is 0.336 e. The summed E-state index contributed by atoms with van der Waals surface area (Å²) in [6, 6.07) is 2.68. The van der Waals surface area contributed by atoms with E-state index in [1.807, 2.05) is 18.7 Å². The minimum absolute atomic E-state index is 0. The Hall–Kier alpha value is -1.48. The molecule has 2 N–H and O–H groups in total. The summed E-state index contributed by atoms with van der Waals surface area (Å²) in [6.07, 6.45) is 0.585. The predicted octanol–water partition coefficient (Wildman–Crippen LogP) is 4.83. The Morgan fingerprint density at radius 1 is 0.947 bits per heavy atom. The number of nitrogens with two attached hydrogens (primary N) is 1. The number of likely N-dealkylation sites (tertiary alicyclic amines) is 1. The Kier molecular flexibility index (Phi) is 11.6. The molecule has 2 aliphatic rings. The van der Waals surface area contributed by atoms with Gasteiger partial charge in [0.15, 0.2) is 0 Å². The lowest BCUT2D eigenvalue weighted by Crippen LogP contribution is -2.63. The van der Waals surface area contributed by atoms with Gasteiger partial charge in [0.25, 0.3) is 0 Å². The van der Waals surface area contributed by atoms with E-state index in [1.165, 1.54) is 12.1 Å². The highest BCUT2D eigenvalue weighted by Gasteiger charge is 2.46. The van der Waals surface area contributed by atoms with Crippen LogP contribution in [0.3, 0.4) is 0 Å². The van der Waals surface area contributed by atoms with E-state index in [-0.39, 0.29) is 65.6 Å². The fourth-order valence-corrected chi connectivity index (χ4v) is 5.63. The highest BCUT2D eigenvalue weighted by molar-refractivity contribution is 5.86. The quantitative estimate of drug-likeness (QED) is 0.555. The van der Waals surface area contributed by atoms with Crippen LogP contribution in [0.5, 0.6) is 0 Å². The van der Waals surface area contributed by atoms with E-state index in [9.17, 15) is 18.4 Å². The summed E-state index contributed by atoms with van der Waals surface area (Å²) in [7, 11) is 0. The number of benzene rings is 1. The SMILES string of the molecule is C[C@@H]1CN(C(=O)[C@@H]2CN(C(C)(C)C)C[C@H]2c2ccc(F)cc2F)[C@@H](C)CN1C(=O)C(N)CC(C)(C)C.Cl.Cl. The maximum absolute atomic E-state index is 14.8. The lowest BCUT2D eigenvalue weighted by Gasteiger charge is -2.46. The molecule has 2 saturated heterocycles. The van der Waals surface area contributed by atoms with Gasteiger partial charge >= 0.3 is 0 Å². The molecule has 2 heterocycles. The van der Waals surface area contributed by atoms with Gasteiger partial charge in [-0.1, -0.05) is 26.8 Å². The minimum atomic E-state index is -0.627. The van der Waals surface area contributed by atoms with Crippen molar-refractivity contribution in [3.63, 3.8) is 0 Å². The zero-order valence-corrected chi connectivity index (χ0v) is 25.6. The molecular formula is C28H46Cl2F2N4O2. The first-order chi connectivity index (χ1) is 16.5. The number of carbonyl (C=O) groups excluding carboxylic acids is 2. The number of piperazine rings is 1. The van der Waals surface area contributed by atoms with E-state index in [0.717, 1.165) is 6.07 Å². The van der Waals surface area contributed by atoms with E-state index >= 15 is 0 Å². The van der Waals surface area contributed by atoms with Crippen LogP contribution in [-0.2, 0) is 9.59 Å². The topological polar surface area (TPSA) is 69.9 Å². The van der Waals surface area contributed by atoms with E-state index < -0.39 is 23.6 Å². The number of carbonyl (C=O) groups is 2. The van der Waals surface area contributed by atoms with Crippen LogP contribution in [-0.4, -0.2) is 76.4 Å². The second-order valence-electron chi connectivity index (χ2n) is 13.0. The third-order valence-electron chi connectivity index (χ3n) is 7.65. The summed E-state index contributed by atoms with van der Waals surface area (Å²) < 4.78 is 28.5. The molecule has 0 bridgehead atoms. The van der Waals surface area contributed by atoms with Gasteiger partial charge in [-0.05, 0) is 58.1 Å². The van der Waals surface area contributed by atoms with Crippen molar-refractivity contribution in [2.45, 2.75) is 91.4 Å². The number of nitrogens with zero attached hydrogens (tertiary/aromatic N) is 3. The van der Waals surface area contributed by atoms with Crippen LogP contribution in [0, 0.1) is 23.0 Å². The van der Waals surface area contributed by atoms with Gasteiger partial charge in [0, 0.05) is 55.8 Å². The van der Waals surface area contributed by atoms with Crippen molar-refractivity contribution in [1.82, 2.24) is 14.7 Å². The first kappa shape index (κ1) is 34.5. The molecule has 0 aliphatic carbocycles. The van der Waals surface area contributed by atoms with E-state index in [4.69, 9.17) is 5.73 Å². The summed E-state index contributed by atoms with van der Waals surface area (Å²) >= 11 is 0. The van der Waals surface area contributed by atoms with Crippen LogP contribution < -0.4 is 5.73 Å². The smallest absolute Gasteiger partial charge is 0.239 e. The maximum atomic E-state index is 14.8. The van der Waals surface area contributed by atoms with Gasteiger partial charge in [-0.2, -0.15) is 0 Å². The normalized spacial score (nSPS) is 25.4. The van der Waals surface area contributed by atoms with Crippen LogP contribution >= 0.6 is 24.8 Å². The van der Waals surface area contributed by atoms with E-state index in [0.29, 0.717) is 38.2 Å². The van der Waals surface area contributed by atoms with Crippen LogP contribution in [0.4, 0.5) is 8.78 Å². The second-order valence-corrected chi connectivity index (χ2v) is 13.0. The molecule has 0 radical (unpaired) electrons.